The van der Waals surface area contributed by atoms with E-state index in [2.05, 4.69) is 36.5 Å². The molecule has 2 atom stereocenters. The van der Waals surface area contributed by atoms with E-state index in [0.717, 1.165) is 24.1 Å². The lowest BCUT2D eigenvalue weighted by atomic mass is 9.70. The summed E-state index contributed by atoms with van der Waals surface area (Å²) in [6, 6.07) is 8.58. The molecule has 1 fully saturated rings. The van der Waals surface area contributed by atoms with Gasteiger partial charge in [-0.2, -0.15) is 0 Å². The van der Waals surface area contributed by atoms with Crippen LogP contribution in [0.2, 0.25) is 0 Å². The SMILES string of the molecule is CCCNCC1CCC1c1ccc(OC)cc1. The molecule has 2 unspecified atom stereocenters. The van der Waals surface area contributed by atoms with Gasteiger partial charge in [0.2, 0.25) is 0 Å². The molecular weight excluding hydrogens is 210 g/mol. The van der Waals surface area contributed by atoms with Gasteiger partial charge >= 0.3 is 0 Å². The van der Waals surface area contributed by atoms with Gasteiger partial charge in [-0.1, -0.05) is 19.1 Å². The van der Waals surface area contributed by atoms with Crippen molar-refractivity contribution >= 4 is 0 Å². The van der Waals surface area contributed by atoms with Gasteiger partial charge in [0, 0.05) is 0 Å². The first-order chi connectivity index (χ1) is 8.35. The zero-order valence-corrected chi connectivity index (χ0v) is 10.9. The van der Waals surface area contributed by atoms with Crippen molar-refractivity contribution in [2.24, 2.45) is 5.92 Å². The van der Waals surface area contributed by atoms with Crippen LogP contribution in [-0.2, 0) is 0 Å². The molecule has 0 heterocycles. The number of ether oxygens (including phenoxy) is 1. The topological polar surface area (TPSA) is 21.3 Å². The Labute approximate surface area is 104 Å². The van der Waals surface area contributed by atoms with Crippen LogP contribution in [0.15, 0.2) is 24.3 Å². The molecule has 1 N–H and O–H groups in total. The highest BCUT2D eigenvalue weighted by Crippen LogP contribution is 2.42. The molecule has 0 spiro atoms. The van der Waals surface area contributed by atoms with Crippen molar-refractivity contribution in [2.45, 2.75) is 32.1 Å². The summed E-state index contributed by atoms with van der Waals surface area (Å²) in [7, 11) is 1.72. The third-order valence-corrected chi connectivity index (χ3v) is 3.79. The highest BCUT2D eigenvalue weighted by atomic mass is 16.5. The fourth-order valence-corrected chi connectivity index (χ4v) is 2.57. The molecule has 1 aromatic carbocycles. The molecule has 0 aromatic heterocycles. The van der Waals surface area contributed by atoms with Crippen molar-refractivity contribution in [2.75, 3.05) is 20.2 Å². The van der Waals surface area contributed by atoms with Crippen LogP contribution in [0.25, 0.3) is 0 Å². The highest BCUT2D eigenvalue weighted by Gasteiger charge is 2.31. The lowest BCUT2D eigenvalue weighted by Gasteiger charge is -2.37. The van der Waals surface area contributed by atoms with Crippen LogP contribution in [0.3, 0.4) is 0 Å². The van der Waals surface area contributed by atoms with Gasteiger partial charge in [-0.15, -0.1) is 0 Å². The molecule has 1 saturated carbocycles. The Kier molecular flexibility index (Phi) is 4.43. The van der Waals surface area contributed by atoms with Crippen LogP contribution in [0.1, 0.15) is 37.7 Å². The smallest absolute Gasteiger partial charge is 0.118 e. The summed E-state index contributed by atoms with van der Waals surface area (Å²) in [4.78, 5) is 0. The van der Waals surface area contributed by atoms with E-state index < -0.39 is 0 Å². The highest BCUT2D eigenvalue weighted by molar-refractivity contribution is 5.30. The molecule has 94 valence electrons. The maximum atomic E-state index is 5.19. The summed E-state index contributed by atoms with van der Waals surface area (Å²) in [5, 5.41) is 3.53. The molecule has 0 bridgehead atoms. The van der Waals surface area contributed by atoms with Gasteiger partial charge in [0.25, 0.3) is 0 Å². The summed E-state index contributed by atoms with van der Waals surface area (Å²) in [5.74, 6) is 2.54. The summed E-state index contributed by atoms with van der Waals surface area (Å²) in [6.45, 7) is 4.53. The van der Waals surface area contributed by atoms with E-state index in [1.807, 2.05) is 0 Å². The number of nitrogens with one attached hydrogen (secondary N) is 1. The lowest BCUT2D eigenvalue weighted by molar-refractivity contribution is 0.246. The second-order valence-electron chi connectivity index (χ2n) is 4.92. The maximum Gasteiger partial charge on any atom is 0.118 e. The van der Waals surface area contributed by atoms with E-state index in [1.54, 1.807) is 7.11 Å². The predicted molar refractivity (Wildman–Crippen MR) is 71.6 cm³/mol. The average molecular weight is 233 g/mol. The van der Waals surface area contributed by atoms with Crippen molar-refractivity contribution in [1.82, 2.24) is 5.32 Å². The Morgan fingerprint density at radius 1 is 1.24 bits per heavy atom. The molecule has 1 aliphatic carbocycles. The minimum Gasteiger partial charge on any atom is -0.497 e. The summed E-state index contributed by atoms with van der Waals surface area (Å²) >= 11 is 0. The van der Waals surface area contributed by atoms with Crippen LogP contribution in [0.4, 0.5) is 0 Å². The summed E-state index contributed by atoms with van der Waals surface area (Å²) in [6.07, 6.45) is 3.93. The Balaban J connectivity index is 1.88. The minimum absolute atomic E-state index is 0.755. The van der Waals surface area contributed by atoms with Crippen LogP contribution >= 0.6 is 0 Å². The van der Waals surface area contributed by atoms with Crippen molar-refractivity contribution in [3.05, 3.63) is 29.8 Å². The van der Waals surface area contributed by atoms with Gasteiger partial charge in [0.05, 0.1) is 7.11 Å². The van der Waals surface area contributed by atoms with Gasteiger partial charge in [-0.3, -0.25) is 0 Å². The van der Waals surface area contributed by atoms with Gasteiger partial charge in [0.1, 0.15) is 5.75 Å². The third kappa shape index (κ3) is 3.01. The van der Waals surface area contributed by atoms with Gasteiger partial charge in [0.15, 0.2) is 0 Å². The molecule has 2 nitrogen and oxygen atoms in total. The number of methoxy groups -OCH3 is 1. The zero-order chi connectivity index (χ0) is 12.1. The Morgan fingerprint density at radius 3 is 2.53 bits per heavy atom. The quantitative estimate of drug-likeness (QED) is 0.762. The minimum atomic E-state index is 0.755. The first-order valence-electron chi connectivity index (χ1n) is 6.69. The molecule has 0 amide bonds. The largest absolute Gasteiger partial charge is 0.497 e. The van der Waals surface area contributed by atoms with E-state index in [1.165, 1.54) is 31.4 Å². The van der Waals surface area contributed by atoms with Gasteiger partial charge in [-0.25, -0.2) is 0 Å². The van der Waals surface area contributed by atoms with Crippen molar-refractivity contribution in [3.8, 4) is 5.75 Å². The van der Waals surface area contributed by atoms with E-state index in [0.29, 0.717) is 0 Å². The van der Waals surface area contributed by atoms with E-state index >= 15 is 0 Å². The van der Waals surface area contributed by atoms with Gasteiger partial charge in [-0.05, 0) is 61.9 Å². The first kappa shape index (κ1) is 12.4. The fourth-order valence-electron chi connectivity index (χ4n) is 2.57. The van der Waals surface area contributed by atoms with E-state index in [4.69, 9.17) is 4.74 Å². The molecule has 0 saturated heterocycles. The van der Waals surface area contributed by atoms with E-state index in [9.17, 15) is 0 Å². The van der Waals surface area contributed by atoms with Crippen LogP contribution in [0, 0.1) is 5.92 Å². The molecule has 17 heavy (non-hydrogen) atoms. The Bertz CT molecular complexity index is 333. The summed E-state index contributed by atoms with van der Waals surface area (Å²) in [5.41, 5.74) is 1.47. The number of hydrogen-bond donors (Lipinski definition) is 1. The molecule has 0 radical (unpaired) electrons. The average Bonchev–Trinajstić information content (AvgIpc) is 2.34. The Hall–Kier alpha value is -1.02. The predicted octanol–water partition coefficient (Wildman–Crippen LogP) is 3.19. The fraction of sp³-hybridized carbons (Fsp3) is 0.600. The summed E-state index contributed by atoms with van der Waals surface area (Å²) < 4.78 is 5.19. The number of hydrogen-bond acceptors (Lipinski definition) is 2. The molecule has 1 aromatic rings. The number of benzene rings is 1. The molecule has 1 aliphatic rings. The normalized spacial score (nSPS) is 23.2. The van der Waals surface area contributed by atoms with Gasteiger partial charge < -0.3 is 10.1 Å². The monoisotopic (exact) mass is 233 g/mol. The second kappa shape index (κ2) is 6.06. The van der Waals surface area contributed by atoms with Crippen LogP contribution < -0.4 is 10.1 Å². The lowest BCUT2D eigenvalue weighted by Crippen LogP contribution is -2.34. The zero-order valence-electron chi connectivity index (χ0n) is 10.9. The second-order valence-corrected chi connectivity index (χ2v) is 4.92. The van der Waals surface area contributed by atoms with Crippen molar-refractivity contribution in [1.29, 1.82) is 0 Å². The molecular formula is C15H23NO. The maximum absolute atomic E-state index is 5.19. The standard InChI is InChI=1S/C15H23NO/c1-3-10-16-11-13-6-9-15(13)12-4-7-14(17-2)8-5-12/h4-5,7-8,13,15-16H,3,6,9-11H2,1-2H3. The van der Waals surface area contributed by atoms with Crippen molar-refractivity contribution in [3.63, 3.8) is 0 Å². The molecule has 0 aliphatic heterocycles. The van der Waals surface area contributed by atoms with E-state index in [-0.39, 0.29) is 0 Å². The Morgan fingerprint density at radius 2 is 2.00 bits per heavy atom. The van der Waals surface area contributed by atoms with Crippen LogP contribution in [-0.4, -0.2) is 20.2 Å². The molecule has 2 rings (SSSR count). The third-order valence-electron chi connectivity index (χ3n) is 3.79. The molecule has 2 heteroatoms. The van der Waals surface area contributed by atoms with Crippen molar-refractivity contribution < 1.29 is 4.74 Å². The number of rotatable bonds is 6. The first-order valence-corrected chi connectivity index (χ1v) is 6.69. The van der Waals surface area contributed by atoms with Crippen LogP contribution in [0.5, 0.6) is 5.75 Å².